The van der Waals surface area contributed by atoms with Gasteiger partial charge in [0.15, 0.2) is 0 Å². The van der Waals surface area contributed by atoms with E-state index in [-0.39, 0.29) is 12.4 Å². The first-order valence-corrected chi connectivity index (χ1v) is 6.75. The van der Waals surface area contributed by atoms with Crippen LogP contribution in [0.25, 0.3) is 0 Å². The summed E-state index contributed by atoms with van der Waals surface area (Å²) in [6, 6.07) is 0.909. The van der Waals surface area contributed by atoms with Gasteiger partial charge in [0.25, 0.3) is 0 Å². The maximum Gasteiger partial charge on any atom is 0.313 e. The monoisotopic (exact) mass is 302 g/mol. The summed E-state index contributed by atoms with van der Waals surface area (Å²) >= 11 is 8.80. The van der Waals surface area contributed by atoms with Crippen LogP contribution in [0.5, 0.6) is 0 Å². The van der Waals surface area contributed by atoms with Crippen LogP contribution in [-0.2, 0) is 0 Å². The fraction of sp³-hybridized carbons (Fsp3) is 0.909. The molecule has 0 spiro atoms. The minimum atomic E-state index is -0.889. The zero-order chi connectivity index (χ0) is 11.8. The lowest BCUT2D eigenvalue weighted by atomic mass is 10.0. The third-order valence-electron chi connectivity index (χ3n) is 3.22. The number of nitrogens with zero attached hydrogens (tertiary/aromatic N) is 1. The van der Waals surface area contributed by atoms with Gasteiger partial charge in [0.1, 0.15) is 0 Å². The number of carbonyl (C=O) groups is 1. The molecule has 6 heteroatoms. The quantitative estimate of drug-likeness (QED) is 0.755. The molecule has 2 rings (SSSR count). The van der Waals surface area contributed by atoms with E-state index in [1.54, 1.807) is 0 Å². The Morgan fingerprint density at radius 1 is 1.06 bits per heavy atom. The third kappa shape index (κ3) is 8.22. The Hall–Kier alpha value is 0.460. The van der Waals surface area contributed by atoms with E-state index in [2.05, 4.69) is 33.4 Å². The molecular weight excluding hydrogens is 282 g/mol. The maximum atomic E-state index is 8.98. The Morgan fingerprint density at radius 2 is 1.53 bits per heavy atom. The van der Waals surface area contributed by atoms with Gasteiger partial charge in [-0.05, 0) is 75.1 Å². The lowest BCUT2D eigenvalue weighted by Gasteiger charge is -2.36. The lowest BCUT2D eigenvalue weighted by molar-refractivity contribution is 0.136. The first-order chi connectivity index (χ1) is 7.70. The van der Waals surface area contributed by atoms with Crippen LogP contribution >= 0.6 is 35.6 Å². The highest BCUT2D eigenvalue weighted by atomic mass is 35.5. The van der Waals surface area contributed by atoms with Gasteiger partial charge < -0.3 is 10.2 Å². The number of halogens is 3. The molecule has 0 radical (unpaired) electrons. The van der Waals surface area contributed by atoms with Crippen LogP contribution in [0.4, 0.5) is 4.79 Å². The van der Waals surface area contributed by atoms with E-state index in [4.69, 9.17) is 4.79 Å². The van der Waals surface area contributed by atoms with Gasteiger partial charge in [0.05, 0.1) is 0 Å². The smallest absolute Gasteiger partial charge is 0.313 e. The number of hydrogen-bond acceptors (Lipinski definition) is 3. The maximum absolute atomic E-state index is 8.98. The first-order valence-electron chi connectivity index (χ1n) is 6.00. The van der Waals surface area contributed by atoms with Crippen LogP contribution in [0.3, 0.4) is 0 Å². The first kappa shape index (κ1) is 17.5. The largest absolute Gasteiger partial charge is 0.317 e. The number of likely N-dealkylation sites (tertiary alicyclic amines) is 1. The van der Waals surface area contributed by atoms with Crippen molar-refractivity contribution in [2.24, 2.45) is 0 Å². The second kappa shape index (κ2) is 10.4. The lowest BCUT2D eigenvalue weighted by Crippen LogP contribution is -2.45. The molecule has 3 nitrogen and oxygen atoms in total. The van der Waals surface area contributed by atoms with Crippen LogP contribution in [0.1, 0.15) is 32.1 Å². The van der Waals surface area contributed by atoms with E-state index < -0.39 is 4.70 Å². The van der Waals surface area contributed by atoms with Gasteiger partial charge in [-0.2, -0.15) is 0 Å². The molecule has 0 bridgehead atoms. The Kier molecular flexibility index (Phi) is 10.7. The number of rotatable bonds is 1. The van der Waals surface area contributed by atoms with Crippen molar-refractivity contribution in [2.75, 3.05) is 26.2 Å². The molecule has 102 valence electrons. The van der Waals surface area contributed by atoms with Gasteiger partial charge in [-0.15, -0.1) is 12.4 Å². The molecule has 2 fully saturated rings. The van der Waals surface area contributed by atoms with Crippen molar-refractivity contribution >= 4 is 40.3 Å². The van der Waals surface area contributed by atoms with Crippen molar-refractivity contribution in [3.05, 3.63) is 0 Å². The van der Waals surface area contributed by atoms with Crippen molar-refractivity contribution in [3.8, 4) is 0 Å². The van der Waals surface area contributed by atoms with E-state index in [0.29, 0.717) is 0 Å². The average Bonchev–Trinajstić information content (AvgIpc) is 2.31. The molecule has 2 saturated heterocycles. The van der Waals surface area contributed by atoms with E-state index in [9.17, 15) is 0 Å². The minimum absolute atomic E-state index is 0. The fourth-order valence-corrected chi connectivity index (χ4v) is 2.46. The second-order valence-corrected chi connectivity index (χ2v) is 5.18. The van der Waals surface area contributed by atoms with Crippen LogP contribution in [0, 0.1) is 0 Å². The van der Waals surface area contributed by atoms with Gasteiger partial charge in [-0.1, -0.05) is 6.42 Å². The second-order valence-electron chi connectivity index (χ2n) is 4.30. The minimum Gasteiger partial charge on any atom is -0.317 e. The van der Waals surface area contributed by atoms with E-state index in [0.717, 1.165) is 6.04 Å². The SMILES string of the molecule is C1CCN(C2CCNCC2)CC1.Cl.O=C(Cl)Cl. The standard InChI is InChI=1S/C10H20N2.CCl2O.ClH/c1-2-8-12(9-3-1)10-4-6-11-7-5-10;2-1(3)4;/h10-11H,1-9H2;;1H. The molecule has 0 amide bonds. The number of piperidine rings is 2. The zero-order valence-electron chi connectivity index (χ0n) is 9.96. The highest BCUT2D eigenvalue weighted by Gasteiger charge is 2.21. The van der Waals surface area contributed by atoms with Crippen molar-refractivity contribution in [2.45, 2.75) is 38.1 Å². The number of nitrogens with one attached hydrogen (secondary N) is 1. The highest BCUT2D eigenvalue weighted by Crippen LogP contribution is 2.17. The summed E-state index contributed by atoms with van der Waals surface area (Å²) in [7, 11) is 0. The van der Waals surface area contributed by atoms with E-state index in [1.807, 2.05) is 0 Å². The topological polar surface area (TPSA) is 32.3 Å². The predicted molar refractivity (Wildman–Crippen MR) is 75.7 cm³/mol. The molecule has 2 heterocycles. The summed E-state index contributed by atoms with van der Waals surface area (Å²) in [6.45, 7) is 5.21. The predicted octanol–water partition coefficient (Wildman–Crippen LogP) is 3.23. The molecule has 17 heavy (non-hydrogen) atoms. The summed E-state index contributed by atoms with van der Waals surface area (Å²) in [5, 5.41) is 3.43. The Morgan fingerprint density at radius 3 is 2.00 bits per heavy atom. The molecule has 2 aliphatic heterocycles. The van der Waals surface area contributed by atoms with Gasteiger partial charge in [0, 0.05) is 6.04 Å². The van der Waals surface area contributed by atoms with Crippen LogP contribution in [0.15, 0.2) is 0 Å². The molecular formula is C11H21Cl3N2O. The van der Waals surface area contributed by atoms with Crippen LogP contribution in [-0.4, -0.2) is 41.8 Å². The zero-order valence-corrected chi connectivity index (χ0v) is 12.3. The molecule has 0 aromatic rings. The number of hydrogen-bond donors (Lipinski definition) is 1. The molecule has 0 aromatic carbocycles. The fourth-order valence-electron chi connectivity index (χ4n) is 2.46. The molecule has 1 N–H and O–H groups in total. The third-order valence-corrected chi connectivity index (χ3v) is 3.22. The van der Waals surface area contributed by atoms with Crippen LogP contribution < -0.4 is 5.32 Å². The summed E-state index contributed by atoms with van der Waals surface area (Å²) in [5.74, 6) is 0. The van der Waals surface area contributed by atoms with E-state index >= 15 is 0 Å². The number of carbonyl (C=O) groups excluding carboxylic acids is 1. The molecule has 0 unspecified atom stereocenters. The van der Waals surface area contributed by atoms with Crippen molar-refractivity contribution in [3.63, 3.8) is 0 Å². The van der Waals surface area contributed by atoms with Gasteiger partial charge in [-0.3, -0.25) is 4.79 Å². The Labute approximate surface area is 120 Å². The molecule has 0 saturated carbocycles. The summed E-state index contributed by atoms with van der Waals surface area (Å²) in [4.78, 5) is 11.7. The summed E-state index contributed by atoms with van der Waals surface area (Å²) in [5.41, 5.74) is 0. The average molecular weight is 304 g/mol. The summed E-state index contributed by atoms with van der Waals surface area (Å²) in [6.07, 6.45) is 7.08. The molecule has 2 aliphatic rings. The van der Waals surface area contributed by atoms with Gasteiger partial charge in [-0.25, -0.2) is 0 Å². The highest BCUT2D eigenvalue weighted by molar-refractivity contribution is 6.93. The normalized spacial score (nSPS) is 22.0. The van der Waals surface area contributed by atoms with Crippen LogP contribution in [0.2, 0.25) is 0 Å². The molecule has 0 aliphatic carbocycles. The Bertz CT molecular complexity index is 185. The molecule has 0 aromatic heterocycles. The summed E-state index contributed by atoms with van der Waals surface area (Å²) < 4.78 is -0.889. The Balaban J connectivity index is 0.000000453. The van der Waals surface area contributed by atoms with Crippen molar-refractivity contribution < 1.29 is 4.79 Å². The molecule has 0 atom stereocenters. The van der Waals surface area contributed by atoms with Crippen molar-refractivity contribution in [1.29, 1.82) is 0 Å². The van der Waals surface area contributed by atoms with E-state index in [1.165, 1.54) is 58.3 Å². The van der Waals surface area contributed by atoms with Crippen molar-refractivity contribution in [1.82, 2.24) is 10.2 Å². The van der Waals surface area contributed by atoms with Gasteiger partial charge in [0.2, 0.25) is 0 Å². The van der Waals surface area contributed by atoms with Gasteiger partial charge >= 0.3 is 4.70 Å².